The molecule has 0 unspecified atom stereocenters. The van der Waals surface area contributed by atoms with E-state index in [0.29, 0.717) is 11.3 Å². The van der Waals surface area contributed by atoms with Gasteiger partial charge in [0.25, 0.3) is 0 Å². The largest absolute Gasteiger partial charge is 0.478 e. The monoisotopic (exact) mass is 316 g/mol. The molecule has 1 fully saturated rings. The van der Waals surface area contributed by atoms with Crippen LogP contribution >= 0.6 is 0 Å². The first-order valence-corrected chi connectivity index (χ1v) is 7.99. The molecule has 2 N–H and O–H groups in total. The van der Waals surface area contributed by atoms with Gasteiger partial charge in [-0.25, -0.2) is 4.79 Å². The lowest BCUT2D eigenvalue weighted by molar-refractivity contribution is -0.139. The number of nitrogens with one attached hydrogen (secondary N) is 1. The highest BCUT2D eigenvalue weighted by Crippen LogP contribution is 2.28. The van der Waals surface area contributed by atoms with Crippen LogP contribution in [0, 0.1) is 5.92 Å². The van der Waals surface area contributed by atoms with Gasteiger partial charge in [0.2, 0.25) is 11.8 Å². The molecule has 0 spiro atoms. The Hall–Kier alpha value is -2.37. The van der Waals surface area contributed by atoms with E-state index in [1.54, 1.807) is 11.0 Å². The summed E-state index contributed by atoms with van der Waals surface area (Å²) in [7, 11) is 0. The summed E-state index contributed by atoms with van der Waals surface area (Å²) in [5.41, 5.74) is 1.41. The van der Waals surface area contributed by atoms with Crippen LogP contribution in [0.15, 0.2) is 18.2 Å². The van der Waals surface area contributed by atoms with Gasteiger partial charge in [0.05, 0.1) is 5.56 Å². The van der Waals surface area contributed by atoms with Gasteiger partial charge in [0.1, 0.15) is 6.54 Å². The zero-order valence-corrected chi connectivity index (χ0v) is 12.9. The second-order valence-electron chi connectivity index (χ2n) is 6.25. The minimum absolute atomic E-state index is 0.00780. The van der Waals surface area contributed by atoms with E-state index in [2.05, 4.69) is 5.32 Å². The minimum atomic E-state index is -1.02. The van der Waals surface area contributed by atoms with Crippen molar-refractivity contribution in [2.24, 2.45) is 5.92 Å². The highest BCUT2D eigenvalue weighted by molar-refractivity contribution is 5.97. The number of nitrogens with zero attached hydrogens (tertiary/aromatic N) is 1. The van der Waals surface area contributed by atoms with Gasteiger partial charge in [0.15, 0.2) is 0 Å². The Balaban J connectivity index is 1.85. The van der Waals surface area contributed by atoms with Crippen LogP contribution in [-0.4, -0.2) is 34.3 Å². The van der Waals surface area contributed by atoms with Crippen molar-refractivity contribution in [2.75, 3.05) is 11.9 Å². The predicted octanol–water partition coefficient (Wildman–Crippen LogP) is 2.25. The van der Waals surface area contributed by atoms with Crippen LogP contribution < -0.4 is 5.32 Å². The van der Waals surface area contributed by atoms with Crippen LogP contribution in [-0.2, 0) is 16.1 Å². The SMILES string of the molecule is O=C1CN(C(=O)C2CCCCC2)Cc2cc(C(=O)O)ccc2N1. The summed E-state index contributed by atoms with van der Waals surface area (Å²) in [5.74, 6) is -1.27. The Morgan fingerprint density at radius 1 is 1.13 bits per heavy atom. The zero-order valence-electron chi connectivity index (χ0n) is 12.9. The highest BCUT2D eigenvalue weighted by Gasteiger charge is 2.29. The van der Waals surface area contributed by atoms with Crippen LogP contribution in [0.1, 0.15) is 48.0 Å². The first kappa shape index (κ1) is 15.5. The maximum atomic E-state index is 12.7. The summed E-state index contributed by atoms with van der Waals surface area (Å²) in [6.45, 7) is 0.289. The van der Waals surface area contributed by atoms with Gasteiger partial charge in [-0.15, -0.1) is 0 Å². The molecular formula is C17H20N2O4. The molecular weight excluding hydrogens is 296 g/mol. The molecule has 1 aromatic carbocycles. The minimum Gasteiger partial charge on any atom is -0.478 e. The van der Waals surface area contributed by atoms with Crippen LogP contribution in [0.3, 0.4) is 0 Å². The maximum Gasteiger partial charge on any atom is 0.335 e. The van der Waals surface area contributed by atoms with Crippen molar-refractivity contribution in [2.45, 2.75) is 38.6 Å². The number of carbonyl (C=O) groups is 3. The lowest BCUT2D eigenvalue weighted by Gasteiger charge is -2.27. The summed E-state index contributed by atoms with van der Waals surface area (Å²) in [4.78, 5) is 37.4. The van der Waals surface area contributed by atoms with Gasteiger partial charge in [0, 0.05) is 18.2 Å². The van der Waals surface area contributed by atoms with E-state index in [1.807, 2.05) is 0 Å². The molecule has 6 nitrogen and oxygen atoms in total. The van der Waals surface area contributed by atoms with Gasteiger partial charge in [-0.2, -0.15) is 0 Å². The van der Waals surface area contributed by atoms with Crippen molar-refractivity contribution < 1.29 is 19.5 Å². The molecule has 0 bridgehead atoms. The number of carbonyl (C=O) groups excluding carboxylic acids is 2. The number of carboxylic acid groups (broad SMARTS) is 1. The molecule has 0 saturated heterocycles. The van der Waals surface area contributed by atoms with E-state index < -0.39 is 5.97 Å². The van der Waals surface area contributed by atoms with Gasteiger partial charge < -0.3 is 15.3 Å². The van der Waals surface area contributed by atoms with Crippen molar-refractivity contribution in [3.8, 4) is 0 Å². The van der Waals surface area contributed by atoms with E-state index >= 15 is 0 Å². The molecule has 122 valence electrons. The van der Waals surface area contributed by atoms with Crippen LogP contribution in [0.25, 0.3) is 0 Å². The number of benzene rings is 1. The lowest BCUT2D eigenvalue weighted by atomic mass is 9.88. The molecule has 6 heteroatoms. The predicted molar refractivity (Wildman–Crippen MR) is 84.0 cm³/mol. The third-order valence-corrected chi connectivity index (χ3v) is 4.59. The fourth-order valence-electron chi connectivity index (χ4n) is 3.37. The van der Waals surface area contributed by atoms with E-state index in [0.717, 1.165) is 32.1 Å². The smallest absolute Gasteiger partial charge is 0.335 e. The topological polar surface area (TPSA) is 86.7 Å². The molecule has 0 atom stereocenters. The molecule has 1 heterocycles. The van der Waals surface area contributed by atoms with E-state index in [1.165, 1.54) is 12.1 Å². The standard InChI is InChI=1S/C17H20N2O4/c20-15-10-19(16(21)11-4-2-1-3-5-11)9-13-8-12(17(22)23)6-7-14(13)18-15/h6-8,11H,1-5,9-10H2,(H,18,20)(H,22,23). The third kappa shape index (κ3) is 3.36. The summed E-state index contributed by atoms with van der Waals surface area (Å²) >= 11 is 0. The van der Waals surface area contributed by atoms with Crippen molar-refractivity contribution in [1.29, 1.82) is 0 Å². The Bertz CT molecular complexity index is 650. The lowest BCUT2D eigenvalue weighted by Crippen LogP contribution is -2.39. The fraction of sp³-hybridized carbons (Fsp3) is 0.471. The van der Waals surface area contributed by atoms with Gasteiger partial charge in [-0.1, -0.05) is 19.3 Å². The van der Waals surface area contributed by atoms with Crippen molar-refractivity contribution in [3.05, 3.63) is 29.3 Å². The number of amides is 2. The summed E-state index contributed by atoms with van der Waals surface area (Å²) < 4.78 is 0. The van der Waals surface area contributed by atoms with Crippen molar-refractivity contribution in [1.82, 2.24) is 4.90 Å². The van der Waals surface area contributed by atoms with E-state index in [-0.39, 0.29) is 36.4 Å². The number of hydrogen-bond donors (Lipinski definition) is 2. The summed E-state index contributed by atoms with van der Waals surface area (Å²) in [6, 6.07) is 4.58. The molecule has 0 aromatic heterocycles. The molecule has 1 aliphatic carbocycles. The second kappa shape index (κ2) is 6.40. The second-order valence-corrected chi connectivity index (χ2v) is 6.25. The van der Waals surface area contributed by atoms with Crippen LogP contribution in [0.4, 0.5) is 5.69 Å². The van der Waals surface area contributed by atoms with Gasteiger partial charge in [-0.05, 0) is 36.6 Å². The molecule has 2 amide bonds. The average molecular weight is 316 g/mol. The molecule has 1 aromatic rings. The van der Waals surface area contributed by atoms with Crippen molar-refractivity contribution in [3.63, 3.8) is 0 Å². The number of fused-ring (bicyclic) bond motifs is 1. The average Bonchev–Trinajstić information content (AvgIpc) is 2.72. The molecule has 23 heavy (non-hydrogen) atoms. The van der Waals surface area contributed by atoms with E-state index in [4.69, 9.17) is 5.11 Å². The maximum absolute atomic E-state index is 12.7. The Morgan fingerprint density at radius 3 is 2.57 bits per heavy atom. The van der Waals surface area contributed by atoms with E-state index in [9.17, 15) is 14.4 Å². The molecule has 3 rings (SSSR count). The Morgan fingerprint density at radius 2 is 1.87 bits per heavy atom. The number of hydrogen-bond acceptors (Lipinski definition) is 3. The summed E-state index contributed by atoms with van der Waals surface area (Å²) in [6.07, 6.45) is 5.01. The van der Waals surface area contributed by atoms with Crippen LogP contribution in [0.2, 0.25) is 0 Å². The molecule has 2 aliphatic rings. The number of aromatic carboxylic acids is 1. The number of rotatable bonds is 2. The zero-order chi connectivity index (χ0) is 16.4. The number of anilines is 1. The van der Waals surface area contributed by atoms with Gasteiger partial charge >= 0.3 is 5.97 Å². The molecule has 1 aliphatic heterocycles. The Kier molecular flexibility index (Phi) is 4.32. The molecule has 0 radical (unpaired) electrons. The van der Waals surface area contributed by atoms with Gasteiger partial charge in [-0.3, -0.25) is 9.59 Å². The summed E-state index contributed by atoms with van der Waals surface area (Å²) in [5, 5.41) is 11.9. The quantitative estimate of drug-likeness (QED) is 0.876. The van der Waals surface area contributed by atoms with Crippen molar-refractivity contribution >= 4 is 23.5 Å². The Labute approximate surface area is 134 Å². The third-order valence-electron chi connectivity index (χ3n) is 4.59. The first-order valence-electron chi connectivity index (χ1n) is 7.99. The fourth-order valence-corrected chi connectivity index (χ4v) is 3.37. The highest BCUT2D eigenvalue weighted by atomic mass is 16.4. The van der Waals surface area contributed by atoms with Crippen LogP contribution in [0.5, 0.6) is 0 Å². The number of carboxylic acids is 1. The molecule has 1 saturated carbocycles. The normalized spacial score (nSPS) is 18.8. The first-order chi connectivity index (χ1) is 11.0.